The molecule has 3 rings (SSSR count). The van der Waals surface area contributed by atoms with Crippen molar-refractivity contribution >= 4 is 32.8 Å². The van der Waals surface area contributed by atoms with E-state index in [1.54, 1.807) is 0 Å². The van der Waals surface area contributed by atoms with Crippen molar-refractivity contribution in [1.82, 2.24) is 4.98 Å². The van der Waals surface area contributed by atoms with Crippen LogP contribution in [0.1, 0.15) is 80.3 Å². The third kappa shape index (κ3) is 5.01. The quantitative estimate of drug-likeness (QED) is 0.318. The zero-order valence-corrected chi connectivity index (χ0v) is 20.4. The van der Waals surface area contributed by atoms with Gasteiger partial charge in [0.15, 0.2) is 0 Å². The fourth-order valence-corrected chi connectivity index (χ4v) is 5.90. The molecule has 1 aliphatic carbocycles. The Kier molecular flexibility index (Phi) is 5.57. The summed E-state index contributed by atoms with van der Waals surface area (Å²) in [6.45, 7) is 7.71. The standard InChI is InChI=1S/C21H24F5INO2S/c1-11(2)19-17(18(27)16-14(28-19)9-21(3,4)10-15(16)29)20(30)12-5-7-13(8-6-12)31(22,23,24,25)26/h5-8,11,15,20,30H,9-10H2,1-4H3/q-1/t15?,20-/m1/s1. The number of fused-ring (bicyclic) bond motifs is 1. The zero-order chi connectivity index (χ0) is 23.6. The Morgan fingerprint density at radius 1 is 1.13 bits per heavy atom. The van der Waals surface area contributed by atoms with E-state index in [9.17, 15) is 29.6 Å². The van der Waals surface area contributed by atoms with Crippen molar-refractivity contribution < 1.29 is 29.6 Å². The number of hydrogen-bond donors (Lipinski definition) is 1. The lowest BCUT2D eigenvalue weighted by atomic mass is 9.74. The topological polar surface area (TPSA) is 56.2 Å². The van der Waals surface area contributed by atoms with Crippen LogP contribution in [-0.4, -0.2) is 10.1 Å². The smallest absolute Gasteiger partial charge is 0.310 e. The molecule has 0 saturated carbocycles. The van der Waals surface area contributed by atoms with Crippen LogP contribution >= 0.6 is 32.8 Å². The normalized spacial score (nSPS) is 21.9. The minimum atomic E-state index is -9.80. The molecule has 0 fully saturated rings. The van der Waals surface area contributed by atoms with Gasteiger partial charge in [0.25, 0.3) is 0 Å². The fourth-order valence-electron chi connectivity index (χ4n) is 4.02. The molecule has 2 aromatic rings. The Balaban J connectivity index is 2.14. The molecule has 1 aromatic carbocycles. The highest BCUT2D eigenvalue weighted by molar-refractivity contribution is 14.1. The molecule has 1 N–H and O–H groups in total. The van der Waals surface area contributed by atoms with Crippen LogP contribution in [0.15, 0.2) is 29.2 Å². The van der Waals surface area contributed by atoms with Crippen LogP contribution < -0.4 is 5.11 Å². The highest BCUT2D eigenvalue weighted by atomic mass is 127. The summed E-state index contributed by atoms with van der Waals surface area (Å²) >= 11 is 1.98. The maximum atomic E-state index is 13.0. The number of nitrogens with zero attached hydrogens (tertiary/aromatic N) is 1. The Hall–Kier alpha value is -0.980. The first-order valence-corrected chi connectivity index (χ1v) is 12.7. The summed E-state index contributed by atoms with van der Waals surface area (Å²) in [7, 11) is -9.80. The van der Waals surface area contributed by atoms with Crippen molar-refractivity contribution in [3.05, 3.63) is 55.9 Å². The summed E-state index contributed by atoms with van der Waals surface area (Å²) in [6, 6.07) is 2.25. The minimum absolute atomic E-state index is 0.0192. The second-order valence-corrected chi connectivity index (χ2v) is 12.7. The molecular formula is C21H24F5INO2S-. The molecule has 3 nitrogen and oxygen atoms in total. The van der Waals surface area contributed by atoms with Crippen LogP contribution in [0.25, 0.3) is 0 Å². The molecule has 2 atom stereocenters. The first kappa shape index (κ1) is 24.7. The van der Waals surface area contributed by atoms with E-state index in [1.165, 1.54) is 0 Å². The van der Waals surface area contributed by atoms with Gasteiger partial charge in [-0.3, -0.25) is 4.98 Å². The summed E-state index contributed by atoms with van der Waals surface area (Å²) in [4.78, 5) is 2.67. The first-order valence-electron chi connectivity index (χ1n) is 9.71. The van der Waals surface area contributed by atoms with Crippen LogP contribution in [0.3, 0.4) is 0 Å². The number of aliphatic hydroxyl groups is 1. The monoisotopic (exact) mass is 576 g/mol. The fraction of sp³-hybridized carbons (Fsp3) is 0.476. The maximum Gasteiger partial charge on any atom is 0.310 e. The predicted octanol–water partition coefficient (Wildman–Crippen LogP) is 6.92. The number of aromatic nitrogens is 1. The van der Waals surface area contributed by atoms with Crippen LogP contribution in [0.4, 0.5) is 19.4 Å². The summed E-state index contributed by atoms with van der Waals surface area (Å²) in [5.41, 5.74) is 1.86. The molecule has 0 bridgehead atoms. The minimum Gasteiger partial charge on any atom is -0.848 e. The highest BCUT2D eigenvalue weighted by Crippen LogP contribution is 3.02. The molecule has 1 unspecified atom stereocenters. The average Bonchev–Trinajstić information content (AvgIpc) is 2.57. The van der Waals surface area contributed by atoms with Crippen molar-refractivity contribution in [2.24, 2.45) is 5.41 Å². The lowest BCUT2D eigenvalue weighted by molar-refractivity contribution is -0.434. The molecular weight excluding hydrogens is 552 g/mol. The van der Waals surface area contributed by atoms with E-state index in [2.05, 4.69) is 4.98 Å². The van der Waals surface area contributed by atoms with Crippen LogP contribution in [0.2, 0.25) is 0 Å². The summed E-state index contributed by atoms with van der Waals surface area (Å²) in [5.74, 6) is -0.137. The van der Waals surface area contributed by atoms with Crippen LogP contribution in [0, 0.1) is 8.99 Å². The van der Waals surface area contributed by atoms with Gasteiger partial charge < -0.3 is 10.2 Å². The van der Waals surface area contributed by atoms with Gasteiger partial charge in [-0.15, -0.1) is 0 Å². The second-order valence-electron chi connectivity index (χ2n) is 9.21. The van der Waals surface area contributed by atoms with E-state index in [0.29, 0.717) is 38.9 Å². The van der Waals surface area contributed by atoms with E-state index in [0.717, 1.165) is 12.1 Å². The van der Waals surface area contributed by atoms with E-state index in [-0.39, 0.29) is 29.0 Å². The number of benzene rings is 1. The number of halogens is 6. The number of pyridine rings is 1. The molecule has 31 heavy (non-hydrogen) atoms. The van der Waals surface area contributed by atoms with Gasteiger partial charge in [0.2, 0.25) is 0 Å². The Morgan fingerprint density at radius 2 is 1.68 bits per heavy atom. The molecule has 1 heterocycles. The number of aliphatic hydroxyl groups excluding tert-OH is 1. The average molecular weight is 576 g/mol. The van der Waals surface area contributed by atoms with E-state index in [4.69, 9.17) is 0 Å². The molecule has 10 heteroatoms. The van der Waals surface area contributed by atoms with Gasteiger partial charge >= 0.3 is 10.2 Å². The molecule has 0 spiro atoms. The summed E-state index contributed by atoms with van der Waals surface area (Å²) in [6.07, 6.45) is -1.45. The second kappa shape index (κ2) is 7.01. The lowest BCUT2D eigenvalue weighted by Crippen LogP contribution is -2.34. The van der Waals surface area contributed by atoms with Crippen LogP contribution in [-0.2, 0) is 6.42 Å². The number of rotatable bonds is 4. The predicted molar refractivity (Wildman–Crippen MR) is 118 cm³/mol. The molecule has 0 aliphatic heterocycles. The summed E-state index contributed by atoms with van der Waals surface area (Å²) in [5, 5.41) is 23.9. The van der Waals surface area contributed by atoms with Crippen molar-refractivity contribution in [3.63, 3.8) is 0 Å². The Bertz CT molecular complexity index is 1020. The van der Waals surface area contributed by atoms with Gasteiger partial charge in [0.1, 0.15) is 11.0 Å². The SMILES string of the molecule is CC(C)c1nc2c(c(I)c1[C@H](O)c1ccc(S(F)(F)(F)(F)F)cc1)C([O-])CC(C)(C)C2. The van der Waals surface area contributed by atoms with Gasteiger partial charge in [-0.05, 0) is 63.6 Å². The molecule has 174 valence electrons. The molecule has 0 saturated heterocycles. The molecule has 0 radical (unpaired) electrons. The van der Waals surface area contributed by atoms with E-state index in [1.807, 2.05) is 50.3 Å². The van der Waals surface area contributed by atoms with Crippen LogP contribution in [0.5, 0.6) is 0 Å². The van der Waals surface area contributed by atoms with Crippen molar-refractivity contribution in [2.45, 2.75) is 63.6 Å². The zero-order valence-electron chi connectivity index (χ0n) is 17.4. The van der Waals surface area contributed by atoms with Crippen molar-refractivity contribution in [2.75, 3.05) is 0 Å². The largest absolute Gasteiger partial charge is 0.848 e. The molecule has 0 amide bonds. The van der Waals surface area contributed by atoms with Gasteiger partial charge in [-0.2, -0.15) is 0 Å². The third-order valence-electron chi connectivity index (χ3n) is 5.48. The van der Waals surface area contributed by atoms with Gasteiger partial charge in [-0.1, -0.05) is 71.8 Å². The molecule has 1 aliphatic rings. The maximum absolute atomic E-state index is 13.0. The first-order chi connectivity index (χ1) is 13.8. The van der Waals surface area contributed by atoms with E-state index >= 15 is 0 Å². The van der Waals surface area contributed by atoms with Gasteiger partial charge in [-0.25, -0.2) is 0 Å². The van der Waals surface area contributed by atoms with E-state index < -0.39 is 27.3 Å². The lowest BCUT2D eigenvalue weighted by Gasteiger charge is -2.42. The van der Waals surface area contributed by atoms with Gasteiger partial charge in [0.05, 0.1) is 5.69 Å². The number of hydrogen-bond acceptors (Lipinski definition) is 3. The highest BCUT2D eigenvalue weighted by Gasteiger charge is 2.65. The third-order valence-corrected chi connectivity index (χ3v) is 7.81. The van der Waals surface area contributed by atoms with Crippen molar-refractivity contribution in [3.8, 4) is 0 Å². The Morgan fingerprint density at radius 3 is 2.16 bits per heavy atom. The van der Waals surface area contributed by atoms with Gasteiger partial charge in [0, 0.05) is 14.8 Å². The Labute approximate surface area is 192 Å². The summed E-state index contributed by atoms with van der Waals surface area (Å²) < 4.78 is 65.6. The van der Waals surface area contributed by atoms with Crippen molar-refractivity contribution in [1.29, 1.82) is 0 Å². The molecule has 1 aromatic heterocycles.